The lowest BCUT2D eigenvalue weighted by atomic mass is 10.1. The van der Waals surface area contributed by atoms with Gasteiger partial charge in [0.1, 0.15) is 0 Å². The van der Waals surface area contributed by atoms with Crippen LogP contribution in [-0.2, 0) is 6.54 Å². The summed E-state index contributed by atoms with van der Waals surface area (Å²) in [6.45, 7) is 0.740. The molecule has 0 aliphatic carbocycles. The van der Waals surface area contributed by atoms with Gasteiger partial charge >= 0.3 is 0 Å². The number of aromatic amines is 1. The molecule has 3 rings (SSSR count). The molecule has 0 amide bonds. The first-order chi connectivity index (χ1) is 9.63. The number of halogens is 1. The number of nitrogens with zero attached hydrogens (tertiary/aromatic N) is 2. The minimum atomic E-state index is 0.739. The smallest absolute Gasteiger partial charge is 0.0672 e. The van der Waals surface area contributed by atoms with E-state index in [4.69, 9.17) is 17.3 Å². The Morgan fingerprint density at radius 2 is 2.15 bits per heavy atom. The minimum Gasteiger partial charge on any atom is -0.397 e. The number of rotatable bonds is 3. The fraction of sp³-hybridized carbons (Fsp3) is 0.133. The van der Waals surface area contributed by atoms with Gasteiger partial charge in [-0.25, -0.2) is 0 Å². The lowest BCUT2D eigenvalue weighted by molar-refractivity contribution is 0.925. The zero-order valence-electron chi connectivity index (χ0n) is 11.1. The van der Waals surface area contributed by atoms with Gasteiger partial charge in [0.05, 0.1) is 23.1 Å². The van der Waals surface area contributed by atoms with Crippen molar-refractivity contribution < 1.29 is 0 Å². The molecule has 0 aliphatic heterocycles. The van der Waals surface area contributed by atoms with E-state index in [1.807, 2.05) is 43.4 Å². The maximum atomic E-state index is 6.12. The first kappa shape index (κ1) is 12.8. The molecule has 0 aliphatic rings. The van der Waals surface area contributed by atoms with Gasteiger partial charge in [-0.05, 0) is 29.8 Å². The van der Waals surface area contributed by atoms with E-state index >= 15 is 0 Å². The van der Waals surface area contributed by atoms with E-state index < -0.39 is 0 Å². The summed E-state index contributed by atoms with van der Waals surface area (Å²) in [7, 11) is 2.01. The maximum Gasteiger partial charge on any atom is 0.0672 e. The molecule has 0 unspecified atom stereocenters. The van der Waals surface area contributed by atoms with Gasteiger partial charge in [0, 0.05) is 24.0 Å². The molecule has 3 N–H and O–H groups in total. The molecule has 0 atom stereocenters. The number of aromatic nitrogens is 2. The summed E-state index contributed by atoms with van der Waals surface area (Å²) in [5, 5.41) is 8.74. The molecule has 1 heterocycles. The average Bonchev–Trinajstić information content (AvgIpc) is 2.84. The second-order valence-electron chi connectivity index (χ2n) is 4.85. The normalized spacial score (nSPS) is 10.9. The number of nitrogen functional groups attached to an aromatic ring is 1. The predicted molar refractivity (Wildman–Crippen MR) is 84.1 cm³/mol. The highest BCUT2D eigenvalue weighted by molar-refractivity contribution is 6.30. The van der Waals surface area contributed by atoms with Crippen LogP contribution in [0, 0.1) is 0 Å². The first-order valence-corrected chi connectivity index (χ1v) is 6.69. The predicted octanol–water partition coefficient (Wildman–Crippen LogP) is 3.43. The molecule has 102 valence electrons. The van der Waals surface area contributed by atoms with Crippen molar-refractivity contribution in [1.29, 1.82) is 0 Å². The average molecular weight is 287 g/mol. The van der Waals surface area contributed by atoms with Crippen LogP contribution < -0.4 is 10.6 Å². The Morgan fingerprint density at radius 3 is 2.95 bits per heavy atom. The van der Waals surface area contributed by atoms with Crippen molar-refractivity contribution in [1.82, 2.24) is 10.2 Å². The van der Waals surface area contributed by atoms with Crippen LogP contribution in [0.5, 0.6) is 0 Å². The molecule has 0 spiro atoms. The summed E-state index contributed by atoms with van der Waals surface area (Å²) in [5.74, 6) is 0. The van der Waals surface area contributed by atoms with Crippen LogP contribution in [0.4, 0.5) is 11.4 Å². The number of anilines is 2. The highest BCUT2D eigenvalue weighted by atomic mass is 35.5. The fourth-order valence-electron chi connectivity index (χ4n) is 2.32. The largest absolute Gasteiger partial charge is 0.397 e. The van der Waals surface area contributed by atoms with Gasteiger partial charge in [-0.2, -0.15) is 5.10 Å². The SMILES string of the molecule is CN(Cc1cccc(Cl)c1)c1cc2[nH]ncc2cc1N. The topological polar surface area (TPSA) is 57.9 Å². The number of hydrogen-bond donors (Lipinski definition) is 2. The van der Waals surface area contributed by atoms with Crippen LogP contribution in [0.25, 0.3) is 10.9 Å². The third-order valence-corrected chi connectivity index (χ3v) is 3.54. The molecule has 0 radical (unpaired) electrons. The zero-order chi connectivity index (χ0) is 14.1. The first-order valence-electron chi connectivity index (χ1n) is 6.31. The number of hydrogen-bond acceptors (Lipinski definition) is 3. The Kier molecular flexibility index (Phi) is 3.24. The summed E-state index contributed by atoms with van der Waals surface area (Å²) in [6, 6.07) is 11.8. The molecule has 5 heteroatoms. The molecule has 0 saturated carbocycles. The van der Waals surface area contributed by atoms with Crippen molar-refractivity contribution in [3.63, 3.8) is 0 Å². The summed E-state index contributed by atoms with van der Waals surface area (Å²) in [6.07, 6.45) is 1.77. The van der Waals surface area contributed by atoms with Gasteiger partial charge in [-0.3, -0.25) is 5.10 Å². The Labute approximate surface area is 122 Å². The highest BCUT2D eigenvalue weighted by Gasteiger charge is 2.09. The van der Waals surface area contributed by atoms with Crippen LogP contribution in [-0.4, -0.2) is 17.2 Å². The van der Waals surface area contributed by atoms with Gasteiger partial charge < -0.3 is 10.6 Å². The van der Waals surface area contributed by atoms with E-state index in [1.54, 1.807) is 6.20 Å². The molecule has 0 bridgehead atoms. The van der Waals surface area contributed by atoms with Gasteiger partial charge in [0.2, 0.25) is 0 Å². The second kappa shape index (κ2) is 5.06. The molecule has 0 saturated heterocycles. The Balaban J connectivity index is 1.91. The summed E-state index contributed by atoms with van der Waals surface area (Å²) in [5.41, 5.74) is 9.96. The molecule has 4 nitrogen and oxygen atoms in total. The molecule has 20 heavy (non-hydrogen) atoms. The van der Waals surface area contributed by atoms with Crippen molar-refractivity contribution in [2.24, 2.45) is 0 Å². The van der Waals surface area contributed by atoms with Crippen LogP contribution in [0.1, 0.15) is 5.56 Å². The lowest BCUT2D eigenvalue weighted by Crippen LogP contribution is -2.17. The standard InChI is InChI=1S/C15H15ClN4/c1-20(9-10-3-2-4-12(16)5-10)15-7-14-11(6-13(15)17)8-18-19-14/h2-8H,9,17H2,1H3,(H,18,19). The number of benzene rings is 2. The number of H-pyrrole nitrogens is 1. The zero-order valence-corrected chi connectivity index (χ0v) is 11.9. The van der Waals surface area contributed by atoms with Crippen molar-refractivity contribution >= 4 is 33.9 Å². The molecular formula is C15H15ClN4. The van der Waals surface area contributed by atoms with E-state index in [-0.39, 0.29) is 0 Å². The molecule has 2 aromatic carbocycles. The van der Waals surface area contributed by atoms with Gasteiger partial charge in [0.15, 0.2) is 0 Å². The molecule has 0 fully saturated rings. The molecular weight excluding hydrogens is 272 g/mol. The van der Waals surface area contributed by atoms with E-state index in [0.717, 1.165) is 39.4 Å². The lowest BCUT2D eigenvalue weighted by Gasteiger charge is -2.21. The van der Waals surface area contributed by atoms with Crippen LogP contribution in [0.15, 0.2) is 42.6 Å². The quantitative estimate of drug-likeness (QED) is 0.725. The number of nitrogens with two attached hydrogens (primary N) is 1. The number of nitrogens with one attached hydrogen (secondary N) is 1. The van der Waals surface area contributed by atoms with Crippen LogP contribution in [0.2, 0.25) is 5.02 Å². The summed E-state index contributed by atoms with van der Waals surface area (Å²) < 4.78 is 0. The van der Waals surface area contributed by atoms with E-state index in [2.05, 4.69) is 15.1 Å². The molecule has 3 aromatic rings. The molecule has 1 aromatic heterocycles. The Hall–Kier alpha value is -2.20. The summed E-state index contributed by atoms with van der Waals surface area (Å²) in [4.78, 5) is 2.10. The van der Waals surface area contributed by atoms with Crippen molar-refractivity contribution in [3.05, 3.63) is 53.2 Å². The summed E-state index contributed by atoms with van der Waals surface area (Å²) >= 11 is 6.01. The second-order valence-corrected chi connectivity index (χ2v) is 5.29. The van der Waals surface area contributed by atoms with E-state index in [9.17, 15) is 0 Å². The Bertz CT molecular complexity index is 750. The van der Waals surface area contributed by atoms with Crippen LogP contribution in [0.3, 0.4) is 0 Å². The van der Waals surface area contributed by atoms with Crippen molar-refractivity contribution in [2.45, 2.75) is 6.54 Å². The van der Waals surface area contributed by atoms with E-state index in [1.165, 1.54) is 0 Å². The minimum absolute atomic E-state index is 0.739. The monoisotopic (exact) mass is 286 g/mol. The highest BCUT2D eigenvalue weighted by Crippen LogP contribution is 2.28. The maximum absolute atomic E-state index is 6.12. The van der Waals surface area contributed by atoms with E-state index in [0.29, 0.717) is 0 Å². The van der Waals surface area contributed by atoms with Crippen molar-refractivity contribution in [3.8, 4) is 0 Å². The fourth-order valence-corrected chi connectivity index (χ4v) is 2.54. The number of fused-ring (bicyclic) bond motifs is 1. The van der Waals surface area contributed by atoms with Crippen molar-refractivity contribution in [2.75, 3.05) is 17.7 Å². The van der Waals surface area contributed by atoms with Gasteiger partial charge in [-0.1, -0.05) is 23.7 Å². The third kappa shape index (κ3) is 2.42. The third-order valence-electron chi connectivity index (χ3n) is 3.31. The van der Waals surface area contributed by atoms with Crippen LogP contribution >= 0.6 is 11.6 Å². The Morgan fingerprint density at radius 1 is 1.30 bits per heavy atom. The van der Waals surface area contributed by atoms with Gasteiger partial charge in [-0.15, -0.1) is 0 Å². The van der Waals surface area contributed by atoms with Gasteiger partial charge in [0.25, 0.3) is 0 Å².